The Bertz CT molecular complexity index is 438. The third kappa shape index (κ3) is 6.61. The summed E-state index contributed by atoms with van der Waals surface area (Å²) in [6.07, 6.45) is -2.96. The molecule has 1 aromatic rings. The summed E-state index contributed by atoms with van der Waals surface area (Å²) >= 11 is 0. The Morgan fingerprint density at radius 2 is 1.95 bits per heavy atom. The van der Waals surface area contributed by atoms with Crippen molar-refractivity contribution in [3.05, 3.63) is 11.8 Å². The van der Waals surface area contributed by atoms with Gasteiger partial charge in [-0.2, -0.15) is 18.2 Å². The zero-order valence-electron chi connectivity index (χ0n) is 12.2. The highest BCUT2D eigenvalue weighted by molar-refractivity contribution is 5.43. The van der Waals surface area contributed by atoms with E-state index in [1.807, 2.05) is 6.92 Å². The Balaban J connectivity index is 2.76. The fourth-order valence-corrected chi connectivity index (χ4v) is 1.61. The Labute approximate surface area is 122 Å². The number of hydrogen-bond acceptors (Lipinski definition) is 5. The second kappa shape index (κ2) is 8.02. The first-order chi connectivity index (χ1) is 9.82. The van der Waals surface area contributed by atoms with Crippen molar-refractivity contribution >= 4 is 11.8 Å². The third-order valence-electron chi connectivity index (χ3n) is 2.65. The number of nitrogens with zero attached hydrogens (tertiary/aromatic N) is 2. The number of hydrogen-bond donors (Lipinski definition) is 3. The van der Waals surface area contributed by atoms with Gasteiger partial charge in [-0.05, 0) is 26.2 Å². The van der Waals surface area contributed by atoms with Crippen LogP contribution in [0.2, 0.25) is 0 Å². The van der Waals surface area contributed by atoms with Crippen molar-refractivity contribution in [2.24, 2.45) is 0 Å². The van der Waals surface area contributed by atoms with Crippen LogP contribution in [-0.2, 0) is 6.18 Å². The molecule has 0 aromatic carbocycles. The second-order valence-electron chi connectivity index (χ2n) is 4.80. The summed E-state index contributed by atoms with van der Waals surface area (Å²) < 4.78 is 38.4. The number of aliphatic hydroxyl groups is 1. The number of anilines is 2. The van der Waals surface area contributed by atoms with Gasteiger partial charge in [-0.25, -0.2) is 4.98 Å². The van der Waals surface area contributed by atoms with Crippen molar-refractivity contribution in [1.82, 2.24) is 9.97 Å². The fourth-order valence-electron chi connectivity index (χ4n) is 1.61. The highest BCUT2D eigenvalue weighted by Crippen LogP contribution is 2.29. The zero-order valence-corrected chi connectivity index (χ0v) is 12.2. The van der Waals surface area contributed by atoms with Crippen molar-refractivity contribution < 1.29 is 18.3 Å². The van der Waals surface area contributed by atoms with Crippen molar-refractivity contribution in [1.29, 1.82) is 0 Å². The van der Waals surface area contributed by atoms with Crippen molar-refractivity contribution in [3.8, 4) is 0 Å². The number of halogens is 3. The summed E-state index contributed by atoms with van der Waals surface area (Å²) in [5.41, 5.74) is -0.978. The number of aliphatic hydroxyl groups excluding tert-OH is 1. The van der Waals surface area contributed by atoms with E-state index < -0.39 is 18.0 Å². The third-order valence-corrected chi connectivity index (χ3v) is 2.65. The van der Waals surface area contributed by atoms with E-state index in [-0.39, 0.29) is 11.8 Å². The fraction of sp³-hybridized carbons (Fsp3) is 0.692. The molecule has 0 saturated carbocycles. The van der Waals surface area contributed by atoms with Crippen molar-refractivity contribution in [3.63, 3.8) is 0 Å². The van der Waals surface area contributed by atoms with E-state index in [4.69, 9.17) is 5.11 Å². The van der Waals surface area contributed by atoms with Crippen LogP contribution < -0.4 is 10.6 Å². The molecule has 1 aromatic heterocycles. The number of rotatable bonds is 8. The maximum absolute atomic E-state index is 12.8. The normalized spacial score (nSPS) is 13.0. The largest absolute Gasteiger partial charge is 0.433 e. The monoisotopic (exact) mass is 306 g/mol. The van der Waals surface area contributed by atoms with E-state index in [0.29, 0.717) is 25.9 Å². The van der Waals surface area contributed by atoms with Gasteiger partial charge in [-0.15, -0.1) is 0 Å². The topological polar surface area (TPSA) is 70.1 Å². The predicted molar refractivity (Wildman–Crippen MR) is 75.2 cm³/mol. The van der Waals surface area contributed by atoms with Crippen LogP contribution in [0.5, 0.6) is 0 Å². The Morgan fingerprint density at radius 3 is 2.52 bits per heavy atom. The summed E-state index contributed by atoms with van der Waals surface area (Å²) in [5, 5.41) is 14.7. The summed E-state index contributed by atoms with van der Waals surface area (Å²) in [6, 6.07) is 0.888. The molecule has 0 bridgehead atoms. The lowest BCUT2D eigenvalue weighted by Crippen LogP contribution is -2.15. The van der Waals surface area contributed by atoms with Gasteiger partial charge in [-0.3, -0.25) is 0 Å². The first kappa shape index (κ1) is 17.5. The van der Waals surface area contributed by atoms with Gasteiger partial charge in [-0.1, -0.05) is 6.92 Å². The minimum atomic E-state index is -4.51. The highest BCUT2D eigenvalue weighted by Gasteiger charge is 2.33. The van der Waals surface area contributed by atoms with Gasteiger partial charge in [0.25, 0.3) is 0 Å². The van der Waals surface area contributed by atoms with Crippen LogP contribution in [0.3, 0.4) is 0 Å². The van der Waals surface area contributed by atoms with Gasteiger partial charge in [0.1, 0.15) is 5.82 Å². The van der Waals surface area contributed by atoms with Gasteiger partial charge in [0.05, 0.1) is 6.10 Å². The molecule has 1 rings (SSSR count). The molecular weight excluding hydrogens is 285 g/mol. The molecular formula is C13H21F3N4O. The highest BCUT2D eigenvalue weighted by atomic mass is 19.4. The van der Waals surface area contributed by atoms with Crippen LogP contribution in [0.25, 0.3) is 0 Å². The molecule has 0 fully saturated rings. The standard InChI is InChI=1S/C13H21F3N4O/c1-3-6-18-12-19-10(13(14,15)16)8-11(20-12)17-7-4-5-9(2)21/h8-9,21H,3-7H2,1-2H3,(H2,17,18,19,20). The van der Waals surface area contributed by atoms with E-state index in [1.165, 1.54) is 0 Å². The summed E-state index contributed by atoms with van der Waals surface area (Å²) in [7, 11) is 0. The maximum atomic E-state index is 12.8. The molecule has 5 nitrogen and oxygen atoms in total. The molecule has 0 saturated heterocycles. The van der Waals surface area contributed by atoms with Crippen LogP contribution in [0.15, 0.2) is 6.07 Å². The quantitative estimate of drug-likeness (QED) is 0.644. The first-order valence-corrected chi connectivity index (χ1v) is 6.95. The molecule has 1 unspecified atom stereocenters. The Hall–Kier alpha value is -1.57. The molecule has 0 spiro atoms. The SMILES string of the molecule is CCCNc1nc(NCCCC(C)O)cc(C(F)(F)F)n1. The van der Waals surface area contributed by atoms with Gasteiger partial charge in [0.15, 0.2) is 5.69 Å². The van der Waals surface area contributed by atoms with Crippen molar-refractivity contribution in [2.75, 3.05) is 23.7 Å². The molecule has 0 radical (unpaired) electrons. The number of aromatic nitrogens is 2. The Kier molecular flexibility index (Phi) is 6.67. The van der Waals surface area contributed by atoms with Crippen molar-refractivity contribution in [2.45, 2.75) is 45.4 Å². The van der Waals surface area contributed by atoms with E-state index in [2.05, 4.69) is 20.6 Å². The lowest BCUT2D eigenvalue weighted by atomic mass is 10.2. The molecule has 0 aliphatic carbocycles. The summed E-state index contributed by atoms with van der Waals surface area (Å²) in [6.45, 7) is 4.50. The van der Waals surface area contributed by atoms with E-state index in [0.717, 1.165) is 12.5 Å². The average molecular weight is 306 g/mol. The molecule has 3 N–H and O–H groups in total. The lowest BCUT2D eigenvalue weighted by molar-refractivity contribution is -0.141. The van der Waals surface area contributed by atoms with Gasteiger partial charge >= 0.3 is 6.18 Å². The Morgan fingerprint density at radius 1 is 1.24 bits per heavy atom. The number of nitrogens with one attached hydrogen (secondary N) is 2. The van der Waals surface area contributed by atoms with E-state index >= 15 is 0 Å². The van der Waals surface area contributed by atoms with E-state index in [1.54, 1.807) is 6.92 Å². The molecule has 1 heterocycles. The summed E-state index contributed by atoms with van der Waals surface area (Å²) in [4.78, 5) is 7.48. The van der Waals surface area contributed by atoms with Gasteiger partial charge in [0.2, 0.25) is 5.95 Å². The van der Waals surface area contributed by atoms with Crippen LogP contribution in [0.1, 0.15) is 38.8 Å². The molecule has 1 atom stereocenters. The second-order valence-corrected chi connectivity index (χ2v) is 4.80. The van der Waals surface area contributed by atoms with Crippen LogP contribution in [-0.4, -0.2) is 34.3 Å². The molecule has 21 heavy (non-hydrogen) atoms. The predicted octanol–water partition coefficient (Wildman–Crippen LogP) is 2.89. The van der Waals surface area contributed by atoms with Crippen LogP contribution in [0.4, 0.5) is 24.9 Å². The molecule has 0 aliphatic rings. The van der Waals surface area contributed by atoms with Gasteiger partial charge < -0.3 is 15.7 Å². The minimum Gasteiger partial charge on any atom is -0.393 e. The zero-order chi connectivity index (χ0) is 15.9. The minimum absolute atomic E-state index is 0.0373. The maximum Gasteiger partial charge on any atom is 0.433 e. The smallest absolute Gasteiger partial charge is 0.393 e. The van der Waals surface area contributed by atoms with Crippen LogP contribution in [0, 0.1) is 0 Å². The van der Waals surface area contributed by atoms with E-state index in [9.17, 15) is 13.2 Å². The lowest BCUT2D eigenvalue weighted by Gasteiger charge is -2.12. The molecule has 120 valence electrons. The summed E-state index contributed by atoms with van der Waals surface area (Å²) in [5.74, 6) is 0.0891. The molecule has 8 heteroatoms. The molecule has 0 amide bonds. The average Bonchev–Trinajstić information content (AvgIpc) is 2.40. The number of alkyl halides is 3. The first-order valence-electron chi connectivity index (χ1n) is 6.95. The van der Waals surface area contributed by atoms with Crippen LogP contribution >= 0.6 is 0 Å². The van der Waals surface area contributed by atoms with Gasteiger partial charge in [0, 0.05) is 19.2 Å². The molecule has 0 aliphatic heterocycles.